The second kappa shape index (κ2) is 10.9. The molecule has 3 atom stereocenters. The molecule has 214 valence electrons. The van der Waals surface area contributed by atoms with Crippen LogP contribution in [-0.4, -0.2) is 44.8 Å². The number of nitrogens with one attached hydrogen (secondary N) is 2. The van der Waals surface area contributed by atoms with Crippen LogP contribution < -0.4 is 20.5 Å². The van der Waals surface area contributed by atoms with Crippen LogP contribution in [0.5, 0.6) is 0 Å². The Morgan fingerprint density at radius 3 is 2.62 bits per heavy atom. The Morgan fingerprint density at radius 2 is 1.95 bits per heavy atom. The van der Waals surface area contributed by atoms with Gasteiger partial charge in [0, 0.05) is 49.8 Å². The van der Waals surface area contributed by atoms with Crippen LogP contribution in [0.3, 0.4) is 0 Å². The van der Waals surface area contributed by atoms with Crippen molar-refractivity contribution < 1.29 is 4.79 Å². The molecular weight excluding hydrogens is 572 g/mol. The molecule has 0 radical (unpaired) electrons. The van der Waals surface area contributed by atoms with E-state index in [1.807, 2.05) is 38.1 Å². The Kier molecular flexibility index (Phi) is 7.29. The number of hydrogen-bond donors (Lipinski definition) is 2. The quantitative estimate of drug-likeness (QED) is 0.231. The molecule has 1 saturated carbocycles. The Labute approximate surface area is 252 Å². The van der Waals surface area contributed by atoms with Crippen LogP contribution in [-0.2, 0) is 7.05 Å². The fourth-order valence-corrected chi connectivity index (χ4v) is 6.56. The Morgan fingerprint density at radius 1 is 1.19 bits per heavy atom. The molecule has 2 fully saturated rings. The van der Waals surface area contributed by atoms with E-state index in [2.05, 4.69) is 31.0 Å². The molecule has 2 N–H and O–H groups in total. The van der Waals surface area contributed by atoms with Crippen molar-refractivity contribution in [1.82, 2.24) is 24.2 Å². The number of nitriles is 1. The van der Waals surface area contributed by atoms with Gasteiger partial charge in [-0.15, -0.1) is 0 Å². The third-order valence-electron chi connectivity index (χ3n) is 8.17. The fourth-order valence-electron chi connectivity index (χ4n) is 6.13. The number of carbonyl (C=O) groups excluding carboxylic acids is 1. The standard InChI is InChI=1S/C30H29ClN8O2S/c1-15-9-18(16(2)34-23-7-8-24(31)35-27(23)28(40)37-42-4)26-19(10-15)29(41)38(3)30(36-26)39-13-20-21(14-39)25(20)22-6-5-17(11-32)12-33-22/h5-10,12,16,20-21,25,34H,13-14H2,1-4H3,(H,37,40). The number of pyridine rings is 2. The lowest BCUT2D eigenvalue weighted by Gasteiger charge is -2.25. The zero-order valence-corrected chi connectivity index (χ0v) is 25.1. The summed E-state index contributed by atoms with van der Waals surface area (Å²) < 4.78 is 4.33. The topological polar surface area (TPSA) is 129 Å². The van der Waals surface area contributed by atoms with Crippen molar-refractivity contribution in [2.45, 2.75) is 25.8 Å². The van der Waals surface area contributed by atoms with Gasteiger partial charge in [0.1, 0.15) is 11.2 Å². The van der Waals surface area contributed by atoms with Crippen LogP contribution in [0.4, 0.5) is 11.6 Å². The maximum Gasteiger partial charge on any atom is 0.281 e. The lowest BCUT2D eigenvalue weighted by molar-refractivity contribution is 0.0980. The van der Waals surface area contributed by atoms with Crippen molar-refractivity contribution in [3.05, 3.63) is 86.2 Å². The summed E-state index contributed by atoms with van der Waals surface area (Å²) in [5.41, 5.74) is 4.60. The monoisotopic (exact) mass is 600 g/mol. The average molecular weight is 601 g/mol. The molecule has 4 aromatic rings. The van der Waals surface area contributed by atoms with Crippen LogP contribution in [0.1, 0.15) is 51.8 Å². The number of carbonyl (C=O) groups is 1. The lowest BCUT2D eigenvalue weighted by atomic mass is 10.0. The molecule has 12 heteroatoms. The molecule has 1 aromatic carbocycles. The molecule has 1 aliphatic heterocycles. The van der Waals surface area contributed by atoms with Crippen molar-refractivity contribution in [2.24, 2.45) is 18.9 Å². The number of rotatable bonds is 7. The second-order valence-corrected chi connectivity index (χ2v) is 11.9. The van der Waals surface area contributed by atoms with Crippen molar-refractivity contribution >= 4 is 52.0 Å². The fraction of sp³-hybridized carbons (Fsp3) is 0.333. The van der Waals surface area contributed by atoms with Crippen molar-refractivity contribution in [1.29, 1.82) is 5.26 Å². The Hall–Kier alpha value is -4.14. The van der Waals surface area contributed by atoms with Gasteiger partial charge in [0.2, 0.25) is 5.95 Å². The van der Waals surface area contributed by atoms with Gasteiger partial charge in [-0.25, -0.2) is 9.97 Å². The molecule has 0 bridgehead atoms. The minimum Gasteiger partial charge on any atom is -0.377 e. The van der Waals surface area contributed by atoms with Crippen LogP contribution in [0.25, 0.3) is 10.9 Å². The number of benzene rings is 1. The molecule has 0 spiro atoms. The molecular formula is C30H29ClN8O2S. The predicted molar refractivity (Wildman–Crippen MR) is 165 cm³/mol. The molecule has 3 aromatic heterocycles. The number of halogens is 1. The first kappa shape index (κ1) is 28.0. The van der Waals surface area contributed by atoms with Crippen LogP contribution in [0.15, 0.2) is 47.4 Å². The summed E-state index contributed by atoms with van der Waals surface area (Å²) in [6.45, 7) is 5.48. The van der Waals surface area contributed by atoms with Gasteiger partial charge >= 0.3 is 0 Å². The third kappa shape index (κ3) is 4.95. The van der Waals surface area contributed by atoms with Gasteiger partial charge < -0.3 is 10.2 Å². The zero-order chi connectivity index (χ0) is 29.7. The molecule has 1 amide bonds. The van der Waals surface area contributed by atoms with E-state index in [1.54, 1.807) is 36.2 Å². The van der Waals surface area contributed by atoms with E-state index in [0.717, 1.165) is 29.9 Å². The summed E-state index contributed by atoms with van der Waals surface area (Å²) in [5, 5.41) is 13.2. The SMILES string of the molecule is CSNC(=O)c1nc(Cl)ccc1NC(C)c1cc(C)cc2c(=O)n(C)c(N3CC4C(C3)C4c3ccc(C#N)cn3)nc12. The van der Waals surface area contributed by atoms with E-state index < -0.39 is 0 Å². The van der Waals surface area contributed by atoms with Crippen LogP contribution >= 0.6 is 23.5 Å². The minimum atomic E-state index is -0.356. The summed E-state index contributed by atoms with van der Waals surface area (Å²) in [5.74, 6) is 1.50. The maximum absolute atomic E-state index is 13.6. The number of nitrogens with zero attached hydrogens (tertiary/aromatic N) is 6. The summed E-state index contributed by atoms with van der Waals surface area (Å²) in [4.78, 5) is 42.3. The molecule has 6 rings (SSSR count). The smallest absolute Gasteiger partial charge is 0.281 e. The molecule has 10 nitrogen and oxygen atoms in total. The summed E-state index contributed by atoms with van der Waals surface area (Å²) in [6.07, 6.45) is 3.39. The van der Waals surface area contributed by atoms with Gasteiger partial charge in [-0.3, -0.25) is 23.9 Å². The number of aryl methyl sites for hydroxylation is 1. The van der Waals surface area contributed by atoms with Gasteiger partial charge in [-0.1, -0.05) is 29.6 Å². The van der Waals surface area contributed by atoms with E-state index in [4.69, 9.17) is 21.8 Å². The first-order valence-corrected chi connectivity index (χ1v) is 15.2. The number of aromatic nitrogens is 4. The highest BCUT2D eigenvalue weighted by Gasteiger charge is 2.57. The number of piperidine rings is 1. The molecule has 42 heavy (non-hydrogen) atoms. The summed E-state index contributed by atoms with van der Waals surface area (Å²) in [7, 11) is 1.77. The van der Waals surface area contributed by atoms with Crippen molar-refractivity contribution in [3.63, 3.8) is 0 Å². The minimum absolute atomic E-state index is 0.105. The maximum atomic E-state index is 13.6. The van der Waals surface area contributed by atoms with E-state index in [9.17, 15) is 9.59 Å². The number of hydrogen-bond acceptors (Lipinski definition) is 9. The molecule has 1 aliphatic carbocycles. The van der Waals surface area contributed by atoms with E-state index >= 15 is 0 Å². The van der Waals surface area contributed by atoms with Gasteiger partial charge in [0.15, 0.2) is 5.69 Å². The highest BCUT2D eigenvalue weighted by atomic mass is 35.5. The zero-order valence-electron chi connectivity index (χ0n) is 23.6. The molecule has 4 heterocycles. The molecule has 2 aliphatic rings. The molecule has 1 saturated heterocycles. The lowest BCUT2D eigenvalue weighted by Crippen LogP contribution is -2.32. The highest BCUT2D eigenvalue weighted by Crippen LogP contribution is 2.58. The van der Waals surface area contributed by atoms with Crippen LogP contribution in [0.2, 0.25) is 5.15 Å². The van der Waals surface area contributed by atoms with Crippen molar-refractivity contribution in [2.75, 3.05) is 29.6 Å². The third-order valence-corrected chi connectivity index (χ3v) is 8.77. The molecule has 3 unspecified atom stereocenters. The second-order valence-electron chi connectivity index (χ2n) is 10.9. The van der Waals surface area contributed by atoms with Gasteiger partial charge in [-0.2, -0.15) is 5.26 Å². The van der Waals surface area contributed by atoms with Gasteiger partial charge in [0.05, 0.1) is 28.2 Å². The van der Waals surface area contributed by atoms with E-state index in [1.165, 1.54) is 11.9 Å². The van der Waals surface area contributed by atoms with Crippen LogP contribution in [0, 0.1) is 30.1 Å². The van der Waals surface area contributed by atoms with E-state index in [-0.39, 0.29) is 28.4 Å². The average Bonchev–Trinajstić information content (AvgIpc) is 3.48. The van der Waals surface area contributed by atoms with Gasteiger partial charge in [0.25, 0.3) is 11.5 Å². The first-order chi connectivity index (χ1) is 20.2. The largest absolute Gasteiger partial charge is 0.377 e. The highest BCUT2D eigenvalue weighted by molar-refractivity contribution is 7.97. The Balaban J connectivity index is 1.31. The van der Waals surface area contributed by atoms with Crippen molar-refractivity contribution in [3.8, 4) is 6.07 Å². The van der Waals surface area contributed by atoms with E-state index in [0.29, 0.717) is 45.9 Å². The summed E-state index contributed by atoms with van der Waals surface area (Å²) in [6, 6.07) is 12.8. The summed E-state index contributed by atoms with van der Waals surface area (Å²) >= 11 is 7.28. The number of fused-ring (bicyclic) bond motifs is 2. The predicted octanol–water partition coefficient (Wildman–Crippen LogP) is 4.59. The normalized spacial score (nSPS) is 19.7. The number of anilines is 2. The number of amides is 1. The first-order valence-electron chi connectivity index (χ1n) is 13.6. The van der Waals surface area contributed by atoms with Gasteiger partial charge in [-0.05, 0) is 61.6 Å². The Bertz CT molecular complexity index is 1810.